The van der Waals surface area contributed by atoms with Crippen LogP contribution in [0.2, 0.25) is 0 Å². The molecule has 1 aromatic rings. The van der Waals surface area contributed by atoms with Crippen molar-refractivity contribution < 1.29 is 9.59 Å². The summed E-state index contributed by atoms with van der Waals surface area (Å²) in [6.07, 6.45) is 1.65. The van der Waals surface area contributed by atoms with E-state index in [1.165, 1.54) is 0 Å². The molecule has 8 nitrogen and oxygen atoms in total. The smallest absolute Gasteiger partial charge is 0.239 e. The van der Waals surface area contributed by atoms with Gasteiger partial charge in [0.15, 0.2) is 0 Å². The lowest BCUT2D eigenvalue weighted by Gasteiger charge is -2.33. The summed E-state index contributed by atoms with van der Waals surface area (Å²) in [6.45, 7) is 5.95. The maximum absolute atomic E-state index is 12.2. The van der Waals surface area contributed by atoms with Gasteiger partial charge in [-0.2, -0.15) is 5.10 Å². The van der Waals surface area contributed by atoms with E-state index in [-0.39, 0.29) is 18.5 Å². The first-order chi connectivity index (χ1) is 9.99. The topological polar surface area (TPSA) is 105 Å². The number of amides is 2. The van der Waals surface area contributed by atoms with Crippen LogP contribution in [0, 0.1) is 0 Å². The molecule has 2 rings (SSSR count). The average molecular weight is 294 g/mol. The van der Waals surface area contributed by atoms with Gasteiger partial charge >= 0.3 is 0 Å². The Morgan fingerprint density at radius 3 is 3.00 bits per heavy atom. The van der Waals surface area contributed by atoms with Crippen LogP contribution in [0.5, 0.6) is 0 Å². The molecule has 0 saturated carbocycles. The van der Waals surface area contributed by atoms with E-state index >= 15 is 0 Å². The van der Waals surface area contributed by atoms with Crippen molar-refractivity contribution in [2.75, 3.05) is 31.5 Å². The lowest BCUT2D eigenvalue weighted by Crippen LogP contribution is -2.58. The number of aromatic nitrogens is 2. The van der Waals surface area contributed by atoms with Crippen LogP contribution < -0.4 is 16.4 Å². The van der Waals surface area contributed by atoms with Gasteiger partial charge in [-0.25, -0.2) is 4.68 Å². The number of primary amides is 1. The van der Waals surface area contributed by atoms with E-state index in [1.54, 1.807) is 21.8 Å². The van der Waals surface area contributed by atoms with E-state index < -0.39 is 11.9 Å². The number of nitrogens with two attached hydrogens (primary N) is 1. The molecular formula is C13H22N6O2. The molecule has 0 radical (unpaired) electrons. The van der Waals surface area contributed by atoms with Gasteiger partial charge in [-0.05, 0) is 13.8 Å². The van der Waals surface area contributed by atoms with E-state index in [1.807, 2.05) is 13.8 Å². The zero-order valence-electron chi connectivity index (χ0n) is 12.4. The Kier molecular flexibility index (Phi) is 4.92. The number of rotatable bonds is 5. The van der Waals surface area contributed by atoms with Crippen LogP contribution in [-0.4, -0.2) is 58.7 Å². The summed E-state index contributed by atoms with van der Waals surface area (Å²) in [6, 6.07) is 1.47. The second kappa shape index (κ2) is 6.68. The van der Waals surface area contributed by atoms with Crippen molar-refractivity contribution in [2.45, 2.75) is 25.9 Å². The lowest BCUT2D eigenvalue weighted by atomic mass is 10.2. The van der Waals surface area contributed by atoms with E-state index in [2.05, 4.69) is 15.7 Å². The number of piperazine rings is 1. The number of hydrogen-bond acceptors (Lipinski definition) is 5. The van der Waals surface area contributed by atoms with Crippen LogP contribution in [0.25, 0.3) is 0 Å². The zero-order valence-corrected chi connectivity index (χ0v) is 12.4. The number of nitrogens with zero attached hydrogens (tertiary/aromatic N) is 3. The Morgan fingerprint density at radius 1 is 1.57 bits per heavy atom. The maximum Gasteiger partial charge on any atom is 0.239 e. The molecule has 1 atom stereocenters. The van der Waals surface area contributed by atoms with Crippen molar-refractivity contribution in [1.29, 1.82) is 0 Å². The fourth-order valence-electron chi connectivity index (χ4n) is 2.41. The van der Waals surface area contributed by atoms with Gasteiger partial charge in [0.2, 0.25) is 11.8 Å². The summed E-state index contributed by atoms with van der Waals surface area (Å²) < 4.78 is 1.74. The van der Waals surface area contributed by atoms with Gasteiger partial charge in [-0.3, -0.25) is 14.5 Å². The van der Waals surface area contributed by atoms with Crippen LogP contribution in [0.1, 0.15) is 19.9 Å². The molecule has 0 aliphatic carbocycles. The number of anilines is 1. The summed E-state index contributed by atoms with van der Waals surface area (Å²) in [5.74, 6) is 0.0635. The Morgan fingerprint density at radius 2 is 2.33 bits per heavy atom. The Hall–Kier alpha value is -1.93. The second-order valence-corrected chi connectivity index (χ2v) is 5.40. The predicted molar refractivity (Wildman–Crippen MR) is 78.7 cm³/mol. The molecule has 2 amide bonds. The van der Waals surface area contributed by atoms with E-state index in [0.717, 1.165) is 6.54 Å². The summed E-state index contributed by atoms with van der Waals surface area (Å²) in [4.78, 5) is 25.4. The highest BCUT2D eigenvalue weighted by molar-refractivity contribution is 5.92. The summed E-state index contributed by atoms with van der Waals surface area (Å²) >= 11 is 0. The highest BCUT2D eigenvalue weighted by atomic mass is 16.2. The summed E-state index contributed by atoms with van der Waals surface area (Å²) in [5, 5.41) is 10.1. The van der Waals surface area contributed by atoms with Gasteiger partial charge in [0.1, 0.15) is 11.9 Å². The van der Waals surface area contributed by atoms with Crippen LogP contribution in [0.15, 0.2) is 12.3 Å². The minimum absolute atomic E-state index is 0.137. The van der Waals surface area contributed by atoms with Gasteiger partial charge < -0.3 is 16.4 Å². The standard InChI is InChI=1S/C13H22N6O2/c1-9(2)19-11(3-4-16-19)17-12(20)8-18-6-5-15-7-10(18)13(14)21/h3-4,9-10,15H,5-8H2,1-2H3,(H2,14,21)(H,17,20). The van der Waals surface area contributed by atoms with Crippen molar-refractivity contribution in [3.8, 4) is 0 Å². The Bertz CT molecular complexity index is 513. The monoisotopic (exact) mass is 294 g/mol. The van der Waals surface area contributed by atoms with Crippen molar-refractivity contribution in [2.24, 2.45) is 5.73 Å². The first-order valence-corrected chi connectivity index (χ1v) is 7.06. The third-order valence-corrected chi connectivity index (χ3v) is 3.46. The van der Waals surface area contributed by atoms with Crippen molar-refractivity contribution in [3.05, 3.63) is 12.3 Å². The molecule has 1 aliphatic heterocycles. The predicted octanol–water partition coefficient (Wildman–Crippen LogP) is -0.838. The van der Waals surface area contributed by atoms with Crippen LogP contribution >= 0.6 is 0 Å². The lowest BCUT2D eigenvalue weighted by molar-refractivity contribution is -0.125. The van der Waals surface area contributed by atoms with Crippen molar-refractivity contribution >= 4 is 17.6 Å². The molecule has 2 heterocycles. The quantitative estimate of drug-likeness (QED) is 0.657. The average Bonchev–Trinajstić information content (AvgIpc) is 2.87. The first-order valence-electron chi connectivity index (χ1n) is 7.06. The first kappa shape index (κ1) is 15.5. The Labute approximate surface area is 123 Å². The zero-order chi connectivity index (χ0) is 15.4. The normalized spacial score (nSPS) is 19.7. The largest absolute Gasteiger partial charge is 0.368 e. The number of carbonyl (C=O) groups excluding carboxylic acids is 2. The third kappa shape index (κ3) is 3.79. The SMILES string of the molecule is CC(C)n1nccc1NC(=O)CN1CCNCC1C(N)=O. The number of hydrogen-bond donors (Lipinski definition) is 3. The highest BCUT2D eigenvalue weighted by Gasteiger charge is 2.28. The fraction of sp³-hybridized carbons (Fsp3) is 0.615. The van der Waals surface area contributed by atoms with Crippen LogP contribution in [0.3, 0.4) is 0 Å². The Balaban J connectivity index is 1.97. The van der Waals surface area contributed by atoms with Gasteiger partial charge in [0.05, 0.1) is 12.7 Å². The van der Waals surface area contributed by atoms with Gasteiger partial charge in [0.25, 0.3) is 0 Å². The molecule has 1 aromatic heterocycles. The van der Waals surface area contributed by atoms with Crippen molar-refractivity contribution in [3.63, 3.8) is 0 Å². The molecule has 116 valence electrons. The van der Waals surface area contributed by atoms with Crippen LogP contribution in [-0.2, 0) is 9.59 Å². The molecule has 0 spiro atoms. The molecule has 1 fully saturated rings. The molecule has 1 unspecified atom stereocenters. The number of nitrogens with one attached hydrogen (secondary N) is 2. The van der Waals surface area contributed by atoms with Gasteiger partial charge in [-0.15, -0.1) is 0 Å². The molecule has 8 heteroatoms. The summed E-state index contributed by atoms with van der Waals surface area (Å²) in [5.41, 5.74) is 5.37. The fourth-order valence-corrected chi connectivity index (χ4v) is 2.41. The maximum atomic E-state index is 12.2. The summed E-state index contributed by atoms with van der Waals surface area (Å²) in [7, 11) is 0. The third-order valence-electron chi connectivity index (χ3n) is 3.46. The molecule has 0 bridgehead atoms. The minimum atomic E-state index is -0.445. The molecular weight excluding hydrogens is 272 g/mol. The van der Waals surface area contributed by atoms with Crippen LogP contribution in [0.4, 0.5) is 5.82 Å². The van der Waals surface area contributed by atoms with Gasteiger partial charge in [-0.1, -0.05) is 0 Å². The van der Waals surface area contributed by atoms with E-state index in [0.29, 0.717) is 18.9 Å². The molecule has 4 N–H and O–H groups in total. The minimum Gasteiger partial charge on any atom is -0.368 e. The molecule has 21 heavy (non-hydrogen) atoms. The van der Waals surface area contributed by atoms with E-state index in [9.17, 15) is 9.59 Å². The molecule has 1 aliphatic rings. The molecule has 0 aromatic carbocycles. The van der Waals surface area contributed by atoms with Crippen molar-refractivity contribution in [1.82, 2.24) is 20.0 Å². The van der Waals surface area contributed by atoms with E-state index in [4.69, 9.17) is 5.73 Å². The molecule has 1 saturated heterocycles. The highest BCUT2D eigenvalue weighted by Crippen LogP contribution is 2.13. The second-order valence-electron chi connectivity index (χ2n) is 5.40. The van der Waals surface area contributed by atoms with Gasteiger partial charge in [0, 0.05) is 31.7 Å². The number of carbonyl (C=O) groups is 2.